The topological polar surface area (TPSA) is 92.7 Å². The predicted molar refractivity (Wildman–Crippen MR) is 149 cm³/mol. The molecule has 1 aliphatic heterocycles. The summed E-state index contributed by atoms with van der Waals surface area (Å²) < 4.78 is 16.1. The fourth-order valence-electron chi connectivity index (χ4n) is 4.44. The van der Waals surface area contributed by atoms with Crippen LogP contribution in [0.1, 0.15) is 51.2 Å². The maximum Gasteiger partial charge on any atom is 0.411 e. The van der Waals surface area contributed by atoms with Crippen LogP contribution in [-0.4, -0.2) is 68.1 Å². The zero-order valence-electron chi connectivity index (χ0n) is 23.2. The highest BCUT2D eigenvalue weighted by molar-refractivity contribution is 6.06. The Morgan fingerprint density at radius 1 is 1.05 bits per heavy atom. The minimum absolute atomic E-state index is 0.0171. The van der Waals surface area contributed by atoms with E-state index >= 15 is 0 Å². The first-order valence-corrected chi connectivity index (χ1v) is 13.3. The van der Waals surface area contributed by atoms with Crippen molar-refractivity contribution < 1.29 is 23.8 Å². The summed E-state index contributed by atoms with van der Waals surface area (Å²) in [6.07, 6.45) is 1.52. The van der Waals surface area contributed by atoms with E-state index in [9.17, 15) is 9.59 Å². The van der Waals surface area contributed by atoms with Crippen LogP contribution in [0, 0.1) is 5.92 Å². The fraction of sp³-hybridized carbons (Fsp3) is 0.483. The molecule has 9 nitrogen and oxygen atoms in total. The number of rotatable bonds is 13. The fourth-order valence-corrected chi connectivity index (χ4v) is 4.44. The van der Waals surface area contributed by atoms with Gasteiger partial charge in [-0.25, -0.2) is 9.80 Å². The second-order valence-corrected chi connectivity index (χ2v) is 9.15. The number of hydrogen-bond acceptors (Lipinski definition) is 7. The normalized spacial score (nSPS) is 15.3. The summed E-state index contributed by atoms with van der Waals surface area (Å²) in [6.45, 7) is 9.88. The zero-order valence-corrected chi connectivity index (χ0v) is 23.2. The number of hydrogen-bond donors (Lipinski definition) is 1. The van der Waals surface area contributed by atoms with Gasteiger partial charge in [0.1, 0.15) is 0 Å². The summed E-state index contributed by atoms with van der Waals surface area (Å²) in [5.41, 5.74) is 3.30. The van der Waals surface area contributed by atoms with Crippen molar-refractivity contribution in [1.29, 1.82) is 0 Å². The minimum atomic E-state index is -0.474. The number of methoxy groups -OCH3 is 2. The van der Waals surface area contributed by atoms with Crippen molar-refractivity contribution in [3.8, 4) is 11.5 Å². The Labute approximate surface area is 225 Å². The lowest BCUT2D eigenvalue weighted by Crippen LogP contribution is -2.36. The van der Waals surface area contributed by atoms with Crippen LogP contribution in [0.25, 0.3) is 0 Å². The molecule has 0 radical (unpaired) electrons. The molecule has 0 bridgehead atoms. The second-order valence-electron chi connectivity index (χ2n) is 9.15. The third-order valence-electron chi connectivity index (χ3n) is 6.78. The molecular formula is C29H40N4O5. The molecule has 1 aliphatic rings. The number of hydrazone groups is 1. The van der Waals surface area contributed by atoms with Crippen LogP contribution in [-0.2, 0) is 16.1 Å². The summed E-state index contributed by atoms with van der Waals surface area (Å²) in [6, 6.07) is 13.1. The zero-order chi connectivity index (χ0) is 27.5. The molecule has 0 spiro atoms. The average molecular weight is 525 g/mol. The highest BCUT2D eigenvalue weighted by Gasteiger charge is 2.29. The Morgan fingerprint density at radius 3 is 2.39 bits per heavy atom. The van der Waals surface area contributed by atoms with Crippen molar-refractivity contribution in [3.05, 3.63) is 53.6 Å². The third kappa shape index (κ3) is 7.71. The number of anilines is 1. The van der Waals surface area contributed by atoms with Gasteiger partial charge in [0.25, 0.3) is 0 Å². The molecule has 0 aliphatic carbocycles. The molecule has 9 heteroatoms. The van der Waals surface area contributed by atoms with E-state index in [1.807, 2.05) is 30.3 Å². The first kappa shape index (κ1) is 29.0. The van der Waals surface area contributed by atoms with Crippen molar-refractivity contribution >= 4 is 23.4 Å². The van der Waals surface area contributed by atoms with Crippen molar-refractivity contribution in [2.24, 2.45) is 11.0 Å². The van der Waals surface area contributed by atoms with Crippen LogP contribution in [0.3, 0.4) is 0 Å². The maximum absolute atomic E-state index is 12.9. The van der Waals surface area contributed by atoms with Crippen LogP contribution in [0.2, 0.25) is 0 Å². The molecule has 1 N–H and O–H groups in total. The van der Waals surface area contributed by atoms with E-state index in [0.717, 1.165) is 49.3 Å². The monoisotopic (exact) mass is 524 g/mol. The molecule has 3 rings (SSSR count). The first-order valence-electron chi connectivity index (χ1n) is 13.3. The molecule has 1 atom stereocenters. The number of carbonyl (C=O) groups excluding carboxylic acids is 2. The van der Waals surface area contributed by atoms with E-state index in [-0.39, 0.29) is 11.8 Å². The van der Waals surface area contributed by atoms with E-state index in [4.69, 9.17) is 19.3 Å². The van der Waals surface area contributed by atoms with E-state index in [1.54, 1.807) is 26.4 Å². The molecule has 206 valence electrons. The molecule has 1 heterocycles. The summed E-state index contributed by atoms with van der Waals surface area (Å²) in [5, 5.41) is 9.03. The van der Waals surface area contributed by atoms with Gasteiger partial charge in [0.2, 0.25) is 5.91 Å². The first-order chi connectivity index (χ1) is 18.4. The minimum Gasteiger partial charge on any atom is -0.493 e. The van der Waals surface area contributed by atoms with Crippen LogP contribution >= 0.6 is 0 Å². The van der Waals surface area contributed by atoms with Gasteiger partial charge in [-0.15, -0.1) is 0 Å². The Hall–Kier alpha value is -3.59. The lowest BCUT2D eigenvalue weighted by Gasteiger charge is -2.29. The van der Waals surface area contributed by atoms with E-state index in [2.05, 4.69) is 31.0 Å². The summed E-state index contributed by atoms with van der Waals surface area (Å²) in [5.74, 6) is 1.28. The Bertz CT molecular complexity index is 1100. The molecule has 0 fully saturated rings. The van der Waals surface area contributed by atoms with E-state index in [1.165, 1.54) is 5.01 Å². The average Bonchev–Trinajstić information content (AvgIpc) is 2.94. The Kier molecular flexibility index (Phi) is 11.0. The number of ether oxygens (including phenoxy) is 3. The number of nitrogens with zero attached hydrogens (tertiary/aromatic N) is 3. The van der Waals surface area contributed by atoms with Crippen LogP contribution in [0.15, 0.2) is 47.6 Å². The van der Waals surface area contributed by atoms with E-state index < -0.39 is 6.09 Å². The molecular weight excluding hydrogens is 484 g/mol. The molecule has 0 saturated heterocycles. The summed E-state index contributed by atoms with van der Waals surface area (Å²) >= 11 is 0. The summed E-state index contributed by atoms with van der Waals surface area (Å²) in [7, 11) is 3.20. The van der Waals surface area contributed by atoms with Gasteiger partial charge >= 0.3 is 6.09 Å². The molecule has 2 amide bonds. The van der Waals surface area contributed by atoms with Gasteiger partial charge in [0.05, 0.1) is 33.1 Å². The maximum atomic E-state index is 12.9. The molecule has 2 aromatic rings. The van der Waals surface area contributed by atoms with Gasteiger partial charge in [-0.1, -0.05) is 32.9 Å². The van der Waals surface area contributed by atoms with E-state index in [0.29, 0.717) is 36.8 Å². The van der Waals surface area contributed by atoms with Crippen LogP contribution < -0.4 is 14.8 Å². The number of amides is 2. The van der Waals surface area contributed by atoms with Gasteiger partial charge in [-0.3, -0.25) is 10.1 Å². The van der Waals surface area contributed by atoms with Gasteiger partial charge in [-0.2, -0.15) is 5.10 Å². The molecule has 2 aromatic carbocycles. The smallest absolute Gasteiger partial charge is 0.411 e. The molecule has 1 unspecified atom stereocenters. The van der Waals surface area contributed by atoms with Crippen molar-refractivity contribution in [2.45, 2.75) is 46.6 Å². The van der Waals surface area contributed by atoms with Crippen molar-refractivity contribution in [2.75, 3.05) is 45.8 Å². The second kappa shape index (κ2) is 14.4. The number of carbonyl (C=O) groups is 2. The predicted octanol–water partition coefficient (Wildman–Crippen LogP) is 5.15. The third-order valence-corrected chi connectivity index (χ3v) is 6.78. The van der Waals surface area contributed by atoms with Gasteiger partial charge in [0.15, 0.2) is 11.5 Å². The van der Waals surface area contributed by atoms with Crippen LogP contribution in [0.4, 0.5) is 10.5 Å². The van der Waals surface area contributed by atoms with Gasteiger partial charge in [0, 0.05) is 30.1 Å². The quantitative estimate of drug-likeness (QED) is 0.365. The van der Waals surface area contributed by atoms with Crippen molar-refractivity contribution in [1.82, 2.24) is 9.91 Å². The lowest BCUT2D eigenvalue weighted by molar-refractivity contribution is -0.133. The van der Waals surface area contributed by atoms with Crippen molar-refractivity contribution in [3.63, 3.8) is 0 Å². The number of nitrogens with one attached hydrogen (secondary N) is 1. The molecule has 38 heavy (non-hydrogen) atoms. The standard InChI is InChI=1S/C29H40N4O5/c1-6-22-19-27(34)33(31-28(22)23-12-15-25(36-4)26(18-23)37-5)20-21-10-13-24(14-11-21)30-29(35)38-17-9-16-32(7-2)8-3/h10-15,18,22H,6-9,16-17,19-20H2,1-5H3,(H,30,35). The molecule has 0 saturated carbocycles. The molecule has 0 aromatic heterocycles. The lowest BCUT2D eigenvalue weighted by atomic mass is 9.89. The van der Waals surface area contributed by atoms with Gasteiger partial charge < -0.3 is 19.1 Å². The highest BCUT2D eigenvalue weighted by atomic mass is 16.5. The number of benzene rings is 2. The van der Waals surface area contributed by atoms with Crippen LogP contribution in [0.5, 0.6) is 11.5 Å². The largest absolute Gasteiger partial charge is 0.493 e. The highest BCUT2D eigenvalue weighted by Crippen LogP contribution is 2.31. The Morgan fingerprint density at radius 2 is 1.76 bits per heavy atom. The Balaban J connectivity index is 1.63. The SMILES string of the molecule is CCC1CC(=O)N(Cc2ccc(NC(=O)OCCCN(CC)CC)cc2)N=C1c1ccc(OC)c(OC)c1. The van der Waals surface area contributed by atoms with Gasteiger partial charge in [-0.05, 0) is 61.8 Å². The summed E-state index contributed by atoms with van der Waals surface area (Å²) in [4.78, 5) is 27.3.